The molecule has 0 atom stereocenters. The maximum atomic E-state index is 12.3. The minimum Gasteiger partial charge on any atom is -0.458 e. The summed E-state index contributed by atoms with van der Waals surface area (Å²) in [4.78, 5) is 28.9. The quantitative estimate of drug-likeness (QED) is 0.529. The van der Waals surface area contributed by atoms with Crippen molar-refractivity contribution in [3.05, 3.63) is 62.2 Å². The molecule has 106 valence electrons. The first kappa shape index (κ1) is 13.5. The van der Waals surface area contributed by atoms with Gasteiger partial charge in [0.05, 0.1) is 12.2 Å². The molecule has 1 aliphatic rings. The monoisotopic (exact) mass is 300 g/mol. The molecule has 2 aromatic rings. The summed E-state index contributed by atoms with van der Waals surface area (Å²) < 4.78 is 6.76. The van der Waals surface area contributed by atoms with Crippen molar-refractivity contribution in [3.63, 3.8) is 0 Å². The molecule has 0 amide bonds. The second-order valence-electron chi connectivity index (χ2n) is 4.44. The second kappa shape index (κ2) is 5.49. The number of carbonyl (C=O) groups is 1. The van der Waals surface area contributed by atoms with Crippen molar-refractivity contribution < 1.29 is 9.53 Å². The molecule has 1 aliphatic heterocycles. The number of carbonyl (C=O) groups excluding carboxylic acids is 1. The third-order valence-corrected chi connectivity index (χ3v) is 4.02. The first-order valence-corrected chi connectivity index (χ1v) is 7.16. The lowest BCUT2D eigenvalue weighted by atomic mass is 10.1. The number of hydrogen-bond donors (Lipinski definition) is 0. The molecule has 0 fully saturated rings. The third kappa shape index (κ3) is 2.57. The van der Waals surface area contributed by atoms with Crippen LogP contribution in [-0.2, 0) is 16.1 Å². The van der Waals surface area contributed by atoms with Gasteiger partial charge in [-0.1, -0.05) is 42.2 Å². The van der Waals surface area contributed by atoms with Gasteiger partial charge in [-0.2, -0.15) is 0 Å². The van der Waals surface area contributed by atoms with Crippen molar-refractivity contribution in [3.8, 4) is 0 Å². The maximum Gasteiger partial charge on any atom is 0.332 e. The summed E-state index contributed by atoms with van der Waals surface area (Å²) in [7, 11) is 0. The molecule has 2 heterocycles. The van der Waals surface area contributed by atoms with Crippen molar-refractivity contribution in [1.82, 2.24) is 4.57 Å². The standard InChI is InChI=1S/C15H12N2O3S/c1-2-7-20-13(18)8-12-14(19)17-9-10-5-3-4-6-11(10)16-15(17)21-12/h2-6,8H,1,7,9H2. The van der Waals surface area contributed by atoms with E-state index in [1.165, 1.54) is 23.5 Å². The molecular formula is C15H12N2O3S. The van der Waals surface area contributed by atoms with Gasteiger partial charge in [-0.05, 0) is 11.6 Å². The maximum absolute atomic E-state index is 12.3. The zero-order valence-electron chi connectivity index (χ0n) is 11.1. The number of ether oxygens (including phenoxy) is 1. The SMILES string of the molecule is C=CCOC(=O)C=c1sc2n(c1=O)Cc1ccccc1N=2. The van der Waals surface area contributed by atoms with Crippen LogP contribution >= 0.6 is 11.3 Å². The molecule has 1 aromatic carbocycles. The van der Waals surface area contributed by atoms with E-state index in [9.17, 15) is 9.59 Å². The summed E-state index contributed by atoms with van der Waals surface area (Å²) in [5.74, 6) is -0.552. The predicted octanol–water partition coefficient (Wildman–Crippen LogP) is 0.732. The van der Waals surface area contributed by atoms with Crippen LogP contribution in [0.15, 0.2) is 46.7 Å². The van der Waals surface area contributed by atoms with Gasteiger partial charge >= 0.3 is 5.97 Å². The highest BCUT2D eigenvalue weighted by atomic mass is 32.1. The second-order valence-corrected chi connectivity index (χ2v) is 5.45. The van der Waals surface area contributed by atoms with Crippen LogP contribution in [0.4, 0.5) is 5.69 Å². The van der Waals surface area contributed by atoms with Gasteiger partial charge in [0.25, 0.3) is 5.56 Å². The fraction of sp³-hybridized carbons (Fsp3) is 0.133. The van der Waals surface area contributed by atoms with Gasteiger partial charge in [0.1, 0.15) is 11.1 Å². The molecule has 0 N–H and O–H groups in total. The number of esters is 1. The van der Waals surface area contributed by atoms with E-state index in [-0.39, 0.29) is 12.2 Å². The van der Waals surface area contributed by atoms with Crippen LogP contribution in [0, 0.1) is 0 Å². The average molecular weight is 300 g/mol. The molecule has 0 saturated carbocycles. The first-order chi connectivity index (χ1) is 10.2. The molecule has 21 heavy (non-hydrogen) atoms. The predicted molar refractivity (Wildman–Crippen MR) is 80.2 cm³/mol. The van der Waals surface area contributed by atoms with Crippen molar-refractivity contribution >= 4 is 29.1 Å². The number of thiazole rings is 1. The van der Waals surface area contributed by atoms with Crippen molar-refractivity contribution in [1.29, 1.82) is 0 Å². The Morgan fingerprint density at radius 3 is 3.10 bits per heavy atom. The zero-order chi connectivity index (χ0) is 14.8. The number of para-hydroxylation sites is 1. The normalized spacial score (nSPS) is 13.0. The molecule has 0 spiro atoms. The molecule has 1 aromatic heterocycles. The summed E-state index contributed by atoms with van der Waals surface area (Å²) in [6, 6.07) is 7.66. The molecule has 0 unspecified atom stereocenters. The number of aromatic nitrogens is 1. The average Bonchev–Trinajstić information content (AvgIpc) is 2.79. The lowest BCUT2D eigenvalue weighted by Gasteiger charge is -2.10. The Labute approximate surface area is 124 Å². The van der Waals surface area contributed by atoms with Gasteiger partial charge in [0.2, 0.25) is 0 Å². The third-order valence-electron chi connectivity index (χ3n) is 3.02. The van der Waals surface area contributed by atoms with Gasteiger partial charge in [-0.15, -0.1) is 0 Å². The Morgan fingerprint density at radius 2 is 2.29 bits per heavy atom. The topological polar surface area (TPSA) is 60.7 Å². The number of hydrogen-bond acceptors (Lipinski definition) is 5. The molecule has 0 aliphatic carbocycles. The lowest BCUT2D eigenvalue weighted by molar-refractivity contribution is -0.134. The van der Waals surface area contributed by atoms with Gasteiger partial charge in [0.15, 0.2) is 4.80 Å². The summed E-state index contributed by atoms with van der Waals surface area (Å²) >= 11 is 1.19. The summed E-state index contributed by atoms with van der Waals surface area (Å²) in [5, 5.41) is 0. The molecular weight excluding hydrogens is 288 g/mol. The van der Waals surface area contributed by atoms with E-state index in [4.69, 9.17) is 4.74 Å². The van der Waals surface area contributed by atoms with Crippen LogP contribution in [0.5, 0.6) is 0 Å². The van der Waals surface area contributed by atoms with E-state index in [0.717, 1.165) is 11.3 Å². The lowest BCUT2D eigenvalue weighted by Crippen LogP contribution is -2.33. The number of rotatable bonds is 3. The smallest absolute Gasteiger partial charge is 0.332 e. The minimum absolute atomic E-state index is 0.123. The van der Waals surface area contributed by atoms with Gasteiger partial charge in [0, 0.05) is 6.08 Å². The van der Waals surface area contributed by atoms with Gasteiger partial charge in [-0.25, -0.2) is 9.79 Å². The molecule has 6 heteroatoms. The number of benzene rings is 1. The van der Waals surface area contributed by atoms with E-state index < -0.39 is 5.97 Å². The van der Waals surface area contributed by atoms with E-state index >= 15 is 0 Å². The highest BCUT2D eigenvalue weighted by Gasteiger charge is 2.14. The Balaban J connectivity index is 2.06. The molecule has 0 bridgehead atoms. The van der Waals surface area contributed by atoms with E-state index in [1.54, 1.807) is 4.57 Å². The van der Waals surface area contributed by atoms with Crippen LogP contribution in [0.2, 0.25) is 0 Å². The highest BCUT2D eigenvalue weighted by molar-refractivity contribution is 7.07. The minimum atomic E-state index is -0.552. The molecule has 0 radical (unpaired) electrons. The van der Waals surface area contributed by atoms with E-state index in [2.05, 4.69) is 11.6 Å². The van der Waals surface area contributed by atoms with Crippen molar-refractivity contribution in [2.45, 2.75) is 6.54 Å². The van der Waals surface area contributed by atoms with Crippen LogP contribution in [0.25, 0.3) is 6.08 Å². The van der Waals surface area contributed by atoms with Gasteiger partial charge < -0.3 is 4.74 Å². The van der Waals surface area contributed by atoms with Gasteiger partial charge in [-0.3, -0.25) is 9.36 Å². The zero-order valence-corrected chi connectivity index (χ0v) is 11.9. The Morgan fingerprint density at radius 1 is 1.48 bits per heavy atom. The van der Waals surface area contributed by atoms with Crippen LogP contribution in [-0.4, -0.2) is 17.1 Å². The molecule has 3 rings (SSSR count). The van der Waals surface area contributed by atoms with Crippen LogP contribution in [0.3, 0.4) is 0 Å². The fourth-order valence-electron chi connectivity index (χ4n) is 2.05. The molecule has 5 nitrogen and oxygen atoms in total. The summed E-state index contributed by atoms with van der Waals surface area (Å²) in [6.07, 6.45) is 2.69. The summed E-state index contributed by atoms with van der Waals surface area (Å²) in [6.45, 7) is 4.06. The van der Waals surface area contributed by atoms with E-state index in [0.29, 0.717) is 15.9 Å². The van der Waals surface area contributed by atoms with Crippen molar-refractivity contribution in [2.75, 3.05) is 6.61 Å². The number of fused-ring (bicyclic) bond motifs is 2. The van der Waals surface area contributed by atoms with Crippen molar-refractivity contribution in [2.24, 2.45) is 4.99 Å². The largest absolute Gasteiger partial charge is 0.458 e. The Hall–Kier alpha value is -2.47. The molecule has 0 saturated heterocycles. The Bertz CT molecular complexity index is 892. The first-order valence-electron chi connectivity index (χ1n) is 6.34. The fourth-order valence-corrected chi connectivity index (χ4v) is 3.00. The highest BCUT2D eigenvalue weighted by Crippen LogP contribution is 2.20. The van der Waals surface area contributed by atoms with Crippen LogP contribution < -0.4 is 14.9 Å². The summed E-state index contributed by atoms with van der Waals surface area (Å²) in [5.41, 5.74) is 1.63. The number of nitrogens with zero attached hydrogens (tertiary/aromatic N) is 2. The Kier molecular flexibility index (Phi) is 3.53. The van der Waals surface area contributed by atoms with Crippen LogP contribution in [0.1, 0.15) is 5.56 Å². The van der Waals surface area contributed by atoms with E-state index in [1.807, 2.05) is 24.3 Å².